The van der Waals surface area contributed by atoms with E-state index in [0.29, 0.717) is 5.75 Å². The van der Waals surface area contributed by atoms with Crippen molar-refractivity contribution in [2.24, 2.45) is 0 Å². The SMILES string of the molecule is Oc1ccc(Br)cc1C(C#Cc1ccsc1)N1CCCC1. The highest BCUT2D eigenvalue weighted by atomic mass is 79.9. The first-order chi connectivity index (χ1) is 10.2. The van der Waals surface area contributed by atoms with Crippen LogP contribution >= 0.6 is 27.3 Å². The van der Waals surface area contributed by atoms with Gasteiger partial charge < -0.3 is 5.11 Å². The summed E-state index contributed by atoms with van der Waals surface area (Å²) in [7, 11) is 0. The van der Waals surface area contributed by atoms with Crippen LogP contribution in [0.5, 0.6) is 5.75 Å². The summed E-state index contributed by atoms with van der Waals surface area (Å²) in [5, 5.41) is 14.3. The van der Waals surface area contributed by atoms with Crippen LogP contribution in [0.3, 0.4) is 0 Å². The summed E-state index contributed by atoms with van der Waals surface area (Å²) in [6.45, 7) is 2.07. The van der Waals surface area contributed by atoms with Crippen LogP contribution in [0.25, 0.3) is 0 Å². The molecule has 1 aliphatic rings. The summed E-state index contributed by atoms with van der Waals surface area (Å²) in [5.74, 6) is 6.90. The van der Waals surface area contributed by atoms with Crippen molar-refractivity contribution in [3.8, 4) is 17.6 Å². The van der Waals surface area contributed by atoms with Gasteiger partial charge in [0.25, 0.3) is 0 Å². The van der Waals surface area contributed by atoms with E-state index in [1.165, 1.54) is 12.8 Å². The maximum atomic E-state index is 10.2. The van der Waals surface area contributed by atoms with Crippen LogP contribution in [0.2, 0.25) is 0 Å². The molecule has 3 rings (SSSR count). The Bertz CT molecular complexity index is 666. The zero-order valence-corrected chi connectivity index (χ0v) is 14.0. The second kappa shape index (κ2) is 6.65. The van der Waals surface area contributed by atoms with E-state index >= 15 is 0 Å². The largest absolute Gasteiger partial charge is 0.508 e. The summed E-state index contributed by atoms with van der Waals surface area (Å²) >= 11 is 5.14. The minimum absolute atomic E-state index is 0.0510. The van der Waals surface area contributed by atoms with E-state index in [1.807, 2.05) is 23.6 Å². The van der Waals surface area contributed by atoms with Crippen molar-refractivity contribution in [3.05, 3.63) is 50.6 Å². The van der Waals surface area contributed by atoms with Gasteiger partial charge in [-0.1, -0.05) is 27.8 Å². The third-order valence-electron chi connectivity index (χ3n) is 3.66. The fourth-order valence-corrected chi connectivity index (χ4v) is 3.56. The quantitative estimate of drug-likeness (QED) is 0.801. The van der Waals surface area contributed by atoms with Crippen molar-refractivity contribution in [3.63, 3.8) is 0 Å². The maximum Gasteiger partial charge on any atom is 0.121 e. The van der Waals surface area contributed by atoms with Crippen molar-refractivity contribution in [1.29, 1.82) is 0 Å². The van der Waals surface area contributed by atoms with Crippen LogP contribution in [0.1, 0.15) is 30.0 Å². The van der Waals surface area contributed by atoms with Gasteiger partial charge in [-0.15, -0.1) is 0 Å². The molecule has 0 radical (unpaired) electrons. The van der Waals surface area contributed by atoms with Crippen molar-refractivity contribution < 1.29 is 5.11 Å². The lowest BCUT2D eigenvalue weighted by Crippen LogP contribution is -2.24. The lowest BCUT2D eigenvalue weighted by Gasteiger charge is -2.24. The summed E-state index contributed by atoms with van der Waals surface area (Å²) < 4.78 is 0.969. The van der Waals surface area contributed by atoms with Gasteiger partial charge in [-0.3, -0.25) is 4.90 Å². The van der Waals surface area contributed by atoms with Gasteiger partial charge in [0.1, 0.15) is 11.8 Å². The molecule has 0 saturated carbocycles. The standard InChI is InChI=1S/C17H16BrNOS/c18-14-4-6-17(20)15(11-14)16(19-8-1-2-9-19)5-3-13-7-10-21-12-13/h4,6-7,10-12,16,20H,1-2,8-9H2. The number of phenols is 1. The first-order valence-corrected chi connectivity index (χ1v) is 8.74. The molecule has 1 aromatic heterocycles. The van der Waals surface area contributed by atoms with Gasteiger partial charge in [-0.2, -0.15) is 11.3 Å². The molecule has 1 fully saturated rings. The maximum absolute atomic E-state index is 10.2. The molecule has 1 atom stereocenters. The first kappa shape index (κ1) is 14.6. The molecule has 108 valence electrons. The van der Waals surface area contributed by atoms with Gasteiger partial charge in [0.05, 0.1) is 0 Å². The Balaban J connectivity index is 1.97. The highest BCUT2D eigenvalue weighted by Gasteiger charge is 2.24. The number of rotatable bonds is 2. The Kier molecular flexibility index (Phi) is 4.64. The Morgan fingerprint density at radius 2 is 2.05 bits per heavy atom. The lowest BCUT2D eigenvalue weighted by molar-refractivity contribution is 0.290. The molecule has 21 heavy (non-hydrogen) atoms. The first-order valence-electron chi connectivity index (χ1n) is 7.00. The van der Waals surface area contributed by atoms with Crippen LogP contribution in [-0.2, 0) is 0 Å². The molecule has 1 unspecified atom stereocenters. The van der Waals surface area contributed by atoms with Crippen molar-refractivity contribution >= 4 is 27.3 Å². The molecule has 0 spiro atoms. The van der Waals surface area contributed by atoms with E-state index in [9.17, 15) is 5.11 Å². The smallest absolute Gasteiger partial charge is 0.121 e. The fraction of sp³-hybridized carbons (Fsp3) is 0.294. The molecule has 1 aromatic carbocycles. The monoisotopic (exact) mass is 361 g/mol. The zero-order chi connectivity index (χ0) is 14.7. The van der Waals surface area contributed by atoms with Gasteiger partial charge in [0.2, 0.25) is 0 Å². The van der Waals surface area contributed by atoms with Gasteiger partial charge in [-0.25, -0.2) is 0 Å². The molecule has 2 aromatic rings. The van der Waals surface area contributed by atoms with Crippen LogP contribution in [0.15, 0.2) is 39.5 Å². The predicted molar refractivity (Wildman–Crippen MR) is 90.6 cm³/mol. The van der Waals surface area contributed by atoms with Crippen LogP contribution in [-0.4, -0.2) is 23.1 Å². The van der Waals surface area contributed by atoms with E-state index in [1.54, 1.807) is 17.4 Å². The number of phenolic OH excluding ortho intramolecular Hbond substituents is 1. The number of benzene rings is 1. The topological polar surface area (TPSA) is 23.5 Å². The number of nitrogens with zero attached hydrogens (tertiary/aromatic N) is 1. The molecular weight excluding hydrogens is 346 g/mol. The van der Waals surface area contributed by atoms with Crippen molar-refractivity contribution in [2.75, 3.05) is 13.1 Å². The number of hydrogen-bond donors (Lipinski definition) is 1. The van der Waals surface area contributed by atoms with E-state index in [4.69, 9.17) is 0 Å². The molecule has 0 bridgehead atoms. The number of thiophene rings is 1. The molecule has 4 heteroatoms. The van der Waals surface area contributed by atoms with Crippen LogP contribution in [0, 0.1) is 11.8 Å². The van der Waals surface area contributed by atoms with Crippen molar-refractivity contribution in [2.45, 2.75) is 18.9 Å². The van der Waals surface area contributed by atoms with E-state index in [2.05, 4.69) is 38.1 Å². The highest BCUT2D eigenvalue weighted by Crippen LogP contribution is 2.32. The summed E-state index contributed by atoms with van der Waals surface area (Å²) in [4.78, 5) is 2.35. The summed E-state index contributed by atoms with van der Waals surface area (Å²) in [6.07, 6.45) is 2.40. The van der Waals surface area contributed by atoms with Gasteiger partial charge >= 0.3 is 0 Å². The zero-order valence-electron chi connectivity index (χ0n) is 11.6. The molecule has 2 nitrogen and oxygen atoms in total. The molecule has 1 saturated heterocycles. The normalized spacial score (nSPS) is 16.4. The molecule has 1 aliphatic heterocycles. The number of likely N-dealkylation sites (tertiary alicyclic amines) is 1. The summed E-state index contributed by atoms with van der Waals surface area (Å²) in [6, 6.07) is 7.53. The molecule has 0 aliphatic carbocycles. The minimum atomic E-state index is -0.0510. The second-order valence-electron chi connectivity index (χ2n) is 5.13. The molecule has 0 amide bonds. The Hall–Kier alpha value is -1.28. The second-order valence-corrected chi connectivity index (χ2v) is 6.83. The Labute approximate surface area is 137 Å². The minimum Gasteiger partial charge on any atom is -0.508 e. The van der Waals surface area contributed by atoms with Crippen LogP contribution in [0.4, 0.5) is 0 Å². The molecular formula is C17H16BrNOS. The number of hydrogen-bond acceptors (Lipinski definition) is 3. The molecule has 1 N–H and O–H groups in total. The third kappa shape index (κ3) is 3.49. The fourth-order valence-electron chi connectivity index (χ4n) is 2.60. The number of aromatic hydroxyl groups is 1. The van der Waals surface area contributed by atoms with E-state index in [-0.39, 0.29) is 6.04 Å². The predicted octanol–water partition coefficient (Wildman–Crippen LogP) is 4.40. The van der Waals surface area contributed by atoms with Gasteiger partial charge in [0.15, 0.2) is 0 Å². The van der Waals surface area contributed by atoms with Crippen molar-refractivity contribution in [1.82, 2.24) is 4.90 Å². The van der Waals surface area contributed by atoms with E-state index in [0.717, 1.165) is 28.7 Å². The average Bonchev–Trinajstić information content (AvgIpc) is 3.16. The van der Waals surface area contributed by atoms with Gasteiger partial charge in [-0.05, 0) is 55.6 Å². The molecule has 2 heterocycles. The Morgan fingerprint density at radius 3 is 2.76 bits per heavy atom. The average molecular weight is 362 g/mol. The van der Waals surface area contributed by atoms with Gasteiger partial charge in [0, 0.05) is 21.0 Å². The van der Waals surface area contributed by atoms with E-state index < -0.39 is 0 Å². The highest BCUT2D eigenvalue weighted by molar-refractivity contribution is 9.10. The Morgan fingerprint density at radius 1 is 1.24 bits per heavy atom. The van der Waals surface area contributed by atoms with Crippen LogP contribution < -0.4 is 0 Å². The third-order valence-corrected chi connectivity index (χ3v) is 4.84. The summed E-state index contributed by atoms with van der Waals surface area (Å²) in [5.41, 5.74) is 1.92. The lowest BCUT2D eigenvalue weighted by atomic mass is 10.0. The number of halogens is 1.